The van der Waals surface area contributed by atoms with Crippen molar-refractivity contribution in [2.24, 2.45) is 5.73 Å². The van der Waals surface area contributed by atoms with Crippen molar-refractivity contribution in [3.8, 4) is 11.3 Å². The van der Waals surface area contributed by atoms with Crippen LogP contribution >= 0.6 is 0 Å². The van der Waals surface area contributed by atoms with Gasteiger partial charge < -0.3 is 31.3 Å². The minimum Gasteiger partial charge on any atom is -0.393 e. The van der Waals surface area contributed by atoms with Gasteiger partial charge in [0, 0.05) is 68.3 Å². The number of primary amides is 1. The summed E-state index contributed by atoms with van der Waals surface area (Å²) in [5.41, 5.74) is 9.23. The van der Waals surface area contributed by atoms with Crippen molar-refractivity contribution in [3.05, 3.63) is 60.3 Å². The highest BCUT2D eigenvalue weighted by molar-refractivity contribution is 5.97. The van der Waals surface area contributed by atoms with Crippen LogP contribution in [-0.2, 0) is 0 Å². The molecule has 0 atom stereocenters. The minimum absolute atomic E-state index is 0.0816. The predicted molar refractivity (Wildman–Crippen MR) is 163 cm³/mol. The Hall–Kier alpha value is -3.73. The van der Waals surface area contributed by atoms with Gasteiger partial charge in [0.2, 0.25) is 0 Å². The molecule has 3 heterocycles. The second-order valence-electron chi connectivity index (χ2n) is 11.5. The number of nitrogens with one attached hydrogen (secondary N) is 2. The highest BCUT2D eigenvalue weighted by Gasteiger charge is 2.30. The maximum atomic E-state index is 12.5. The maximum absolute atomic E-state index is 12.5. The van der Waals surface area contributed by atoms with E-state index in [4.69, 9.17) is 10.7 Å². The number of rotatable bonds is 8. The van der Waals surface area contributed by atoms with Crippen molar-refractivity contribution in [2.45, 2.75) is 43.9 Å². The van der Waals surface area contributed by atoms with E-state index in [1.807, 2.05) is 42.5 Å². The lowest BCUT2D eigenvalue weighted by molar-refractivity contribution is 0.0835. The zero-order valence-corrected chi connectivity index (χ0v) is 23.7. The molecule has 0 radical (unpaired) electrons. The summed E-state index contributed by atoms with van der Waals surface area (Å²) in [7, 11) is 2.21. The van der Waals surface area contributed by atoms with Crippen molar-refractivity contribution < 1.29 is 9.90 Å². The van der Waals surface area contributed by atoms with Gasteiger partial charge in [0.1, 0.15) is 5.69 Å². The van der Waals surface area contributed by atoms with E-state index in [9.17, 15) is 9.90 Å². The highest BCUT2D eigenvalue weighted by atomic mass is 16.3. The molecule has 10 heteroatoms. The number of anilines is 4. The number of aromatic nitrogens is 2. The molecular formula is C31H40N8O2. The van der Waals surface area contributed by atoms with Gasteiger partial charge in [-0.25, -0.2) is 9.97 Å². The van der Waals surface area contributed by atoms with Crippen molar-refractivity contribution in [1.29, 1.82) is 0 Å². The van der Waals surface area contributed by atoms with E-state index >= 15 is 0 Å². The molecular weight excluding hydrogens is 516 g/mol. The van der Waals surface area contributed by atoms with Crippen LogP contribution in [0.25, 0.3) is 11.3 Å². The fraction of sp³-hybridized carbons (Fsp3) is 0.452. The molecule has 216 valence electrons. The SMILES string of the molecule is CN1CCN(C2CCN(c3ccc(Nc4nc(NC5CC(O)C5)c(-c5ccccc5)nc4C(N)=O)cc3)CC2)CC1. The molecule has 0 bridgehead atoms. The third-order valence-corrected chi connectivity index (χ3v) is 8.64. The molecule has 41 heavy (non-hydrogen) atoms. The fourth-order valence-corrected chi connectivity index (χ4v) is 6.06. The lowest BCUT2D eigenvalue weighted by Gasteiger charge is -2.42. The molecule has 1 aromatic heterocycles. The lowest BCUT2D eigenvalue weighted by atomic mass is 9.89. The Balaban J connectivity index is 1.17. The number of benzene rings is 2. The van der Waals surface area contributed by atoms with Gasteiger partial charge in [-0.15, -0.1) is 0 Å². The summed E-state index contributed by atoms with van der Waals surface area (Å²) in [6.07, 6.45) is 3.35. The largest absolute Gasteiger partial charge is 0.393 e. The van der Waals surface area contributed by atoms with E-state index in [1.54, 1.807) is 0 Å². The molecule has 10 nitrogen and oxygen atoms in total. The number of amides is 1. The van der Waals surface area contributed by atoms with Crippen LogP contribution in [0.1, 0.15) is 36.2 Å². The van der Waals surface area contributed by atoms with Crippen LogP contribution in [0, 0.1) is 0 Å². The molecule has 2 aromatic carbocycles. The van der Waals surface area contributed by atoms with Gasteiger partial charge in [0.25, 0.3) is 5.91 Å². The number of hydrogen-bond donors (Lipinski definition) is 4. The van der Waals surface area contributed by atoms with Crippen molar-refractivity contribution in [3.63, 3.8) is 0 Å². The summed E-state index contributed by atoms with van der Waals surface area (Å²) < 4.78 is 0. The number of nitrogens with zero attached hydrogens (tertiary/aromatic N) is 5. The number of carbonyl (C=O) groups is 1. The average molecular weight is 557 g/mol. The fourth-order valence-electron chi connectivity index (χ4n) is 6.06. The molecule has 0 unspecified atom stereocenters. The smallest absolute Gasteiger partial charge is 0.271 e. The molecule has 3 fully saturated rings. The Labute approximate surface area is 241 Å². The first kappa shape index (κ1) is 27.4. The first-order chi connectivity index (χ1) is 19.9. The topological polar surface area (TPSA) is 123 Å². The average Bonchev–Trinajstić information content (AvgIpc) is 2.98. The van der Waals surface area contributed by atoms with E-state index in [0.29, 0.717) is 36.2 Å². The maximum Gasteiger partial charge on any atom is 0.271 e. The number of likely N-dealkylation sites (N-methyl/N-ethyl adjacent to an activating group) is 1. The van der Waals surface area contributed by atoms with Crippen LogP contribution < -0.4 is 21.3 Å². The van der Waals surface area contributed by atoms with Gasteiger partial charge in [0.15, 0.2) is 17.3 Å². The number of aliphatic hydroxyl groups is 1. The number of piperidine rings is 1. The summed E-state index contributed by atoms with van der Waals surface area (Å²) in [6.45, 7) is 6.76. The second-order valence-corrected chi connectivity index (χ2v) is 11.5. The van der Waals surface area contributed by atoms with Crippen LogP contribution in [0.3, 0.4) is 0 Å². The van der Waals surface area contributed by atoms with Gasteiger partial charge in [0.05, 0.1) is 6.10 Å². The summed E-state index contributed by atoms with van der Waals surface area (Å²) in [4.78, 5) is 29.5. The summed E-state index contributed by atoms with van der Waals surface area (Å²) >= 11 is 0. The first-order valence-corrected chi connectivity index (χ1v) is 14.7. The lowest BCUT2D eigenvalue weighted by Crippen LogP contribution is -2.52. The van der Waals surface area contributed by atoms with Crippen molar-refractivity contribution >= 4 is 28.9 Å². The van der Waals surface area contributed by atoms with E-state index in [2.05, 4.69) is 49.5 Å². The van der Waals surface area contributed by atoms with Gasteiger partial charge >= 0.3 is 0 Å². The van der Waals surface area contributed by atoms with Crippen LogP contribution in [0.2, 0.25) is 0 Å². The summed E-state index contributed by atoms with van der Waals surface area (Å²) in [5, 5.41) is 16.5. The molecule has 2 saturated heterocycles. The van der Waals surface area contributed by atoms with Crippen LogP contribution in [-0.4, -0.2) is 95.3 Å². The van der Waals surface area contributed by atoms with E-state index in [1.165, 1.54) is 31.6 Å². The number of nitrogens with two attached hydrogens (primary N) is 1. The normalized spacial score (nSPS) is 22.2. The zero-order chi connectivity index (χ0) is 28.3. The van der Waals surface area contributed by atoms with Crippen LogP contribution in [0.5, 0.6) is 0 Å². The second kappa shape index (κ2) is 12.0. The summed E-state index contributed by atoms with van der Waals surface area (Å²) in [6, 6.07) is 18.6. The highest BCUT2D eigenvalue weighted by Crippen LogP contribution is 2.33. The monoisotopic (exact) mass is 556 g/mol. The molecule has 3 aromatic rings. The number of carbonyl (C=O) groups excluding carboxylic acids is 1. The standard InChI is InChI=1S/C31H40N8O2/c1-37-15-17-39(18-16-37)25-11-13-38(14-12-25)24-9-7-22(8-10-24)33-31-28(29(32)41)35-27(21-5-3-2-4-6-21)30(36-31)34-23-19-26(40)20-23/h2-10,23,25-26,40H,11-20H2,1H3,(H2,32,41)(H2,33,34,36). The molecule has 5 N–H and O–H groups in total. The Morgan fingerprint density at radius 1 is 0.902 bits per heavy atom. The predicted octanol–water partition coefficient (Wildman–Crippen LogP) is 3.14. The van der Waals surface area contributed by atoms with E-state index in [-0.39, 0.29) is 17.8 Å². The molecule has 1 aliphatic carbocycles. The Bertz CT molecular complexity index is 1330. The van der Waals surface area contributed by atoms with Gasteiger partial charge in [-0.05, 0) is 57.0 Å². The Kier molecular flexibility index (Phi) is 8.04. The van der Waals surface area contributed by atoms with Gasteiger partial charge in [-0.2, -0.15) is 0 Å². The first-order valence-electron chi connectivity index (χ1n) is 14.7. The Morgan fingerprint density at radius 2 is 1.59 bits per heavy atom. The zero-order valence-electron chi connectivity index (χ0n) is 23.7. The van der Waals surface area contributed by atoms with Gasteiger partial charge in [-0.1, -0.05) is 30.3 Å². The molecule has 1 amide bonds. The van der Waals surface area contributed by atoms with Crippen molar-refractivity contribution in [1.82, 2.24) is 19.8 Å². The van der Waals surface area contributed by atoms with Crippen LogP contribution in [0.4, 0.5) is 23.0 Å². The molecule has 3 aliphatic rings. The number of piperazine rings is 1. The van der Waals surface area contributed by atoms with E-state index in [0.717, 1.165) is 37.4 Å². The molecule has 6 rings (SSSR count). The molecule has 1 saturated carbocycles. The van der Waals surface area contributed by atoms with E-state index < -0.39 is 5.91 Å². The number of aliphatic hydroxyl groups excluding tert-OH is 1. The number of hydrogen-bond acceptors (Lipinski definition) is 9. The minimum atomic E-state index is -0.650. The third-order valence-electron chi connectivity index (χ3n) is 8.64. The quantitative estimate of drug-likeness (QED) is 0.331. The van der Waals surface area contributed by atoms with Crippen molar-refractivity contribution in [2.75, 3.05) is 61.8 Å². The van der Waals surface area contributed by atoms with Crippen LogP contribution in [0.15, 0.2) is 54.6 Å². The third kappa shape index (κ3) is 6.29. The summed E-state index contributed by atoms with van der Waals surface area (Å²) in [5.74, 6) is 0.211. The Morgan fingerprint density at radius 3 is 2.22 bits per heavy atom. The van der Waals surface area contributed by atoms with Gasteiger partial charge in [-0.3, -0.25) is 9.69 Å². The molecule has 0 spiro atoms. The molecule has 2 aliphatic heterocycles.